The predicted octanol–water partition coefficient (Wildman–Crippen LogP) is 0.432. The van der Waals surface area contributed by atoms with Crippen molar-refractivity contribution in [2.24, 2.45) is 0 Å². The number of carbonyl (C=O) groups excluding carboxylic acids is 3. The fraction of sp³-hybridized carbons (Fsp3) is 0.286. The van der Waals surface area contributed by atoms with E-state index in [0.717, 1.165) is 5.56 Å². The number of amides is 2. The average molecular weight is 310 g/mol. The second-order valence-electron chi connectivity index (χ2n) is 4.54. The smallest absolute Gasteiger partial charge is 0.313 e. The number of hydrogen-bond acceptors (Lipinski definition) is 4. The van der Waals surface area contributed by atoms with Crippen molar-refractivity contribution in [3.8, 4) is 0 Å². The Labute approximate surface area is 125 Å². The van der Waals surface area contributed by atoms with Crippen LogP contribution >= 0.6 is 0 Å². The summed E-state index contributed by atoms with van der Waals surface area (Å²) < 4.78 is 12.3. The lowest BCUT2D eigenvalue weighted by Crippen LogP contribution is -2.47. The standard InChI is InChI=1S/C14H15FN2O5/c1-8-2-4-9(5-3-8)16-13(21)14(22)17-10(6-12(19)20)11(18)7-15/h2-5,10H,6-7H2,1H3,(H,16,21)(H,17,22)(H,19,20). The number of benzene rings is 1. The van der Waals surface area contributed by atoms with Gasteiger partial charge in [0.15, 0.2) is 5.78 Å². The quantitative estimate of drug-likeness (QED) is 0.660. The maximum Gasteiger partial charge on any atom is 0.313 e. The molecule has 0 aliphatic heterocycles. The second-order valence-corrected chi connectivity index (χ2v) is 4.54. The molecular formula is C14H15FN2O5. The van der Waals surface area contributed by atoms with Gasteiger partial charge in [-0.15, -0.1) is 0 Å². The Morgan fingerprint density at radius 3 is 2.23 bits per heavy atom. The molecule has 0 saturated carbocycles. The van der Waals surface area contributed by atoms with Crippen LogP contribution in [-0.2, 0) is 19.2 Å². The van der Waals surface area contributed by atoms with Gasteiger partial charge in [-0.25, -0.2) is 4.39 Å². The summed E-state index contributed by atoms with van der Waals surface area (Å²) >= 11 is 0. The molecule has 2 amide bonds. The minimum absolute atomic E-state index is 0.359. The van der Waals surface area contributed by atoms with E-state index >= 15 is 0 Å². The van der Waals surface area contributed by atoms with Crippen LogP contribution in [0.5, 0.6) is 0 Å². The molecule has 0 saturated heterocycles. The van der Waals surface area contributed by atoms with E-state index in [4.69, 9.17) is 5.11 Å². The molecule has 7 nitrogen and oxygen atoms in total. The first-order chi connectivity index (χ1) is 10.3. The number of aliphatic carboxylic acids is 1. The Hall–Kier alpha value is -2.77. The number of aryl methyl sites for hydroxylation is 1. The highest BCUT2D eigenvalue weighted by Crippen LogP contribution is 2.08. The first kappa shape index (κ1) is 17.3. The molecule has 0 fully saturated rings. The number of ketones is 1. The monoisotopic (exact) mass is 310 g/mol. The molecule has 0 aliphatic rings. The van der Waals surface area contributed by atoms with Gasteiger partial charge in [0.1, 0.15) is 12.7 Å². The first-order valence-corrected chi connectivity index (χ1v) is 6.32. The van der Waals surface area contributed by atoms with Gasteiger partial charge in [0.05, 0.1) is 6.42 Å². The summed E-state index contributed by atoms with van der Waals surface area (Å²) in [4.78, 5) is 45.1. The average Bonchev–Trinajstić information content (AvgIpc) is 2.47. The van der Waals surface area contributed by atoms with Gasteiger partial charge in [-0.05, 0) is 19.1 Å². The summed E-state index contributed by atoms with van der Waals surface area (Å²) in [6, 6.07) is 4.99. The zero-order chi connectivity index (χ0) is 16.7. The molecule has 1 atom stereocenters. The summed E-state index contributed by atoms with van der Waals surface area (Å²) in [5, 5.41) is 12.8. The molecule has 0 radical (unpaired) electrons. The van der Waals surface area contributed by atoms with Gasteiger partial charge < -0.3 is 15.7 Å². The molecule has 0 heterocycles. The third-order valence-electron chi connectivity index (χ3n) is 2.72. The van der Waals surface area contributed by atoms with Crippen molar-refractivity contribution in [2.45, 2.75) is 19.4 Å². The van der Waals surface area contributed by atoms with Gasteiger partial charge in [0, 0.05) is 5.69 Å². The summed E-state index contributed by atoms with van der Waals surface area (Å²) in [5.74, 6) is -4.80. The SMILES string of the molecule is Cc1ccc(NC(=O)C(=O)NC(CC(=O)O)C(=O)CF)cc1. The molecule has 0 spiro atoms. The largest absolute Gasteiger partial charge is 0.481 e. The molecule has 1 unspecified atom stereocenters. The van der Waals surface area contributed by atoms with Crippen molar-refractivity contribution >= 4 is 29.3 Å². The van der Waals surface area contributed by atoms with Crippen LogP contribution in [0.2, 0.25) is 0 Å². The summed E-state index contributed by atoms with van der Waals surface area (Å²) in [5.41, 5.74) is 1.31. The summed E-state index contributed by atoms with van der Waals surface area (Å²) in [7, 11) is 0. The molecule has 22 heavy (non-hydrogen) atoms. The van der Waals surface area contributed by atoms with Crippen LogP contribution in [-0.4, -0.2) is 41.4 Å². The van der Waals surface area contributed by atoms with Crippen molar-refractivity contribution in [3.05, 3.63) is 29.8 Å². The topological polar surface area (TPSA) is 113 Å². The Bertz CT molecular complexity index is 585. The number of anilines is 1. The van der Waals surface area contributed by atoms with Crippen molar-refractivity contribution in [2.75, 3.05) is 12.0 Å². The summed E-state index contributed by atoms with van der Waals surface area (Å²) in [6.45, 7) is 0.412. The highest BCUT2D eigenvalue weighted by atomic mass is 19.1. The number of Topliss-reactive ketones (excluding diaryl/α,β-unsaturated/α-hetero) is 1. The molecule has 1 aromatic carbocycles. The Balaban J connectivity index is 2.68. The molecule has 8 heteroatoms. The highest BCUT2D eigenvalue weighted by molar-refractivity contribution is 6.40. The van der Waals surface area contributed by atoms with E-state index in [1.165, 1.54) is 0 Å². The zero-order valence-electron chi connectivity index (χ0n) is 11.8. The van der Waals surface area contributed by atoms with Crippen molar-refractivity contribution in [3.63, 3.8) is 0 Å². The lowest BCUT2D eigenvalue weighted by Gasteiger charge is -2.14. The highest BCUT2D eigenvalue weighted by Gasteiger charge is 2.26. The predicted molar refractivity (Wildman–Crippen MR) is 75.0 cm³/mol. The van der Waals surface area contributed by atoms with Crippen LogP contribution in [0.25, 0.3) is 0 Å². The van der Waals surface area contributed by atoms with Gasteiger partial charge in [-0.1, -0.05) is 17.7 Å². The molecule has 1 aromatic rings. The first-order valence-electron chi connectivity index (χ1n) is 6.32. The van der Waals surface area contributed by atoms with Gasteiger partial charge in [-0.3, -0.25) is 19.2 Å². The lowest BCUT2D eigenvalue weighted by molar-refractivity contribution is -0.142. The third kappa shape index (κ3) is 5.31. The van der Waals surface area contributed by atoms with Gasteiger partial charge in [-0.2, -0.15) is 0 Å². The van der Waals surface area contributed by atoms with Crippen LogP contribution in [0.1, 0.15) is 12.0 Å². The molecule has 0 aromatic heterocycles. The van der Waals surface area contributed by atoms with Crippen LogP contribution in [0.3, 0.4) is 0 Å². The number of carboxylic acids is 1. The normalized spacial score (nSPS) is 11.4. The van der Waals surface area contributed by atoms with Crippen molar-refractivity contribution in [1.82, 2.24) is 5.32 Å². The van der Waals surface area contributed by atoms with E-state index in [1.807, 2.05) is 12.2 Å². The van der Waals surface area contributed by atoms with Crippen molar-refractivity contribution < 1.29 is 28.7 Å². The number of hydrogen-bond donors (Lipinski definition) is 3. The number of rotatable bonds is 6. The minimum Gasteiger partial charge on any atom is -0.481 e. The van der Waals surface area contributed by atoms with Crippen LogP contribution in [0, 0.1) is 6.92 Å². The third-order valence-corrected chi connectivity index (χ3v) is 2.72. The van der Waals surface area contributed by atoms with Gasteiger partial charge >= 0.3 is 17.8 Å². The number of halogens is 1. The number of carbonyl (C=O) groups is 4. The van der Waals surface area contributed by atoms with E-state index in [2.05, 4.69) is 5.32 Å². The summed E-state index contributed by atoms with van der Waals surface area (Å²) in [6.07, 6.45) is -0.799. The molecular weight excluding hydrogens is 295 g/mol. The van der Waals surface area contributed by atoms with E-state index < -0.39 is 42.7 Å². The van der Waals surface area contributed by atoms with Gasteiger partial charge in [0.25, 0.3) is 0 Å². The lowest BCUT2D eigenvalue weighted by atomic mass is 10.1. The van der Waals surface area contributed by atoms with Crippen LogP contribution in [0.4, 0.5) is 10.1 Å². The number of alkyl halides is 1. The number of carboxylic acid groups (broad SMARTS) is 1. The van der Waals surface area contributed by atoms with Gasteiger partial charge in [0.2, 0.25) is 0 Å². The Morgan fingerprint density at radius 1 is 1.14 bits per heavy atom. The fourth-order valence-electron chi connectivity index (χ4n) is 1.56. The molecule has 0 aliphatic carbocycles. The molecule has 118 valence electrons. The number of nitrogens with one attached hydrogen (secondary N) is 2. The van der Waals surface area contributed by atoms with E-state index in [1.54, 1.807) is 24.3 Å². The fourth-order valence-corrected chi connectivity index (χ4v) is 1.56. The second kappa shape index (κ2) is 7.87. The zero-order valence-corrected chi connectivity index (χ0v) is 11.8. The van der Waals surface area contributed by atoms with E-state index in [-0.39, 0.29) is 0 Å². The molecule has 0 bridgehead atoms. The van der Waals surface area contributed by atoms with Crippen LogP contribution < -0.4 is 10.6 Å². The molecule has 1 rings (SSSR count). The maximum absolute atomic E-state index is 12.3. The Kier molecular flexibility index (Phi) is 6.18. The maximum atomic E-state index is 12.3. The Morgan fingerprint density at radius 2 is 1.73 bits per heavy atom. The van der Waals surface area contributed by atoms with E-state index in [9.17, 15) is 23.6 Å². The molecule has 3 N–H and O–H groups in total. The van der Waals surface area contributed by atoms with Crippen LogP contribution in [0.15, 0.2) is 24.3 Å². The van der Waals surface area contributed by atoms with E-state index in [0.29, 0.717) is 5.69 Å². The van der Waals surface area contributed by atoms with Crippen molar-refractivity contribution in [1.29, 1.82) is 0 Å². The minimum atomic E-state index is -1.58.